The van der Waals surface area contributed by atoms with Crippen LogP contribution in [0.3, 0.4) is 0 Å². The van der Waals surface area contributed by atoms with Crippen LogP contribution in [0.15, 0.2) is 42.0 Å². The van der Waals surface area contributed by atoms with E-state index in [1.54, 1.807) is 11.3 Å². The number of nitrogens with zero attached hydrogens (tertiary/aromatic N) is 2. The van der Waals surface area contributed by atoms with Crippen molar-refractivity contribution in [2.75, 3.05) is 6.61 Å². The highest BCUT2D eigenvalue weighted by Gasteiger charge is 2.23. The minimum atomic E-state index is -0.0861. The molecule has 1 aliphatic carbocycles. The molecule has 1 saturated carbocycles. The zero-order valence-electron chi connectivity index (χ0n) is 15.4. The van der Waals surface area contributed by atoms with Gasteiger partial charge in [-0.05, 0) is 24.3 Å². The third-order valence-corrected chi connectivity index (χ3v) is 6.10. The normalized spacial score (nSPS) is 19.7. The highest BCUT2D eigenvalue weighted by atomic mass is 32.1. The molecule has 2 heterocycles. The fraction of sp³-hybridized carbons (Fsp3) is 0.381. The Morgan fingerprint density at radius 3 is 2.85 bits per heavy atom. The summed E-state index contributed by atoms with van der Waals surface area (Å²) in [5.74, 6) is 0.902. The fourth-order valence-corrected chi connectivity index (χ4v) is 4.61. The number of amides is 1. The van der Waals surface area contributed by atoms with Crippen molar-refractivity contribution in [3.63, 3.8) is 0 Å². The molecule has 6 heteroatoms. The molecule has 140 valence electrons. The summed E-state index contributed by atoms with van der Waals surface area (Å²) < 4.78 is 5.82. The van der Waals surface area contributed by atoms with Crippen molar-refractivity contribution >= 4 is 27.5 Å². The predicted octanol–water partition coefficient (Wildman–Crippen LogP) is 4.43. The second-order valence-electron chi connectivity index (χ2n) is 7.10. The summed E-state index contributed by atoms with van der Waals surface area (Å²) in [7, 11) is 0. The molecule has 1 aromatic carbocycles. The van der Waals surface area contributed by atoms with Gasteiger partial charge in [0.05, 0.1) is 5.39 Å². The monoisotopic (exact) mass is 381 g/mol. The maximum Gasteiger partial charge on any atom is 0.258 e. The second kappa shape index (κ2) is 8.05. The predicted molar refractivity (Wildman–Crippen MR) is 108 cm³/mol. The third kappa shape index (κ3) is 3.95. The topological polar surface area (TPSA) is 64.1 Å². The zero-order chi connectivity index (χ0) is 18.6. The average molecular weight is 382 g/mol. The molecule has 0 bridgehead atoms. The smallest absolute Gasteiger partial charge is 0.258 e. The molecule has 3 aromatic rings. The van der Waals surface area contributed by atoms with Gasteiger partial charge in [-0.2, -0.15) is 0 Å². The largest absolute Gasteiger partial charge is 0.467 e. The molecule has 1 fully saturated rings. The van der Waals surface area contributed by atoms with Gasteiger partial charge in [0.25, 0.3) is 5.91 Å². The lowest BCUT2D eigenvalue weighted by Gasteiger charge is -2.29. The second-order valence-corrected chi connectivity index (χ2v) is 7.96. The molecule has 1 aliphatic rings. The standard InChI is InChI=1S/C21H23N3O2S/c1-14-7-5-6-10-17(14)24-18(25)11-26-20-19-16(15-8-3-2-4-9-15)12-27-21(19)23-13-22-20/h2-4,8-9,12-14,17H,5-7,10-11H2,1H3,(H,24,25)/t14-,17+/m0/s1. The van der Waals surface area contributed by atoms with E-state index in [1.165, 1.54) is 25.6 Å². The number of hydrogen-bond acceptors (Lipinski definition) is 5. The Morgan fingerprint density at radius 1 is 1.22 bits per heavy atom. The summed E-state index contributed by atoms with van der Waals surface area (Å²) in [6.07, 6.45) is 6.15. The summed E-state index contributed by atoms with van der Waals surface area (Å²) in [6.45, 7) is 2.18. The molecular formula is C21H23N3O2S. The summed E-state index contributed by atoms with van der Waals surface area (Å²) in [4.78, 5) is 21.9. The van der Waals surface area contributed by atoms with Crippen LogP contribution in [0.4, 0.5) is 0 Å². The van der Waals surface area contributed by atoms with E-state index in [0.717, 1.165) is 27.8 Å². The number of nitrogens with one attached hydrogen (secondary N) is 1. The van der Waals surface area contributed by atoms with Crippen LogP contribution in [0.1, 0.15) is 32.6 Å². The van der Waals surface area contributed by atoms with Crippen molar-refractivity contribution in [3.05, 3.63) is 42.0 Å². The number of fused-ring (bicyclic) bond motifs is 1. The van der Waals surface area contributed by atoms with E-state index in [1.807, 2.05) is 18.2 Å². The van der Waals surface area contributed by atoms with Gasteiger partial charge >= 0.3 is 0 Å². The Hall–Kier alpha value is -2.47. The first-order valence-corrected chi connectivity index (χ1v) is 10.3. The van der Waals surface area contributed by atoms with Gasteiger partial charge in [0.15, 0.2) is 6.61 Å². The third-order valence-electron chi connectivity index (χ3n) is 5.22. The zero-order valence-corrected chi connectivity index (χ0v) is 16.2. The van der Waals surface area contributed by atoms with Gasteiger partial charge in [0, 0.05) is 17.0 Å². The van der Waals surface area contributed by atoms with Crippen LogP contribution in [-0.2, 0) is 4.79 Å². The van der Waals surface area contributed by atoms with Gasteiger partial charge in [-0.25, -0.2) is 9.97 Å². The highest BCUT2D eigenvalue weighted by Crippen LogP contribution is 2.37. The molecule has 4 rings (SSSR count). The van der Waals surface area contributed by atoms with Crippen molar-refractivity contribution in [1.82, 2.24) is 15.3 Å². The number of rotatable bonds is 5. The molecule has 0 saturated heterocycles. The molecule has 0 spiro atoms. The van der Waals surface area contributed by atoms with E-state index in [0.29, 0.717) is 11.8 Å². The quantitative estimate of drug-likeness (QED) is 0.710. The van der Waals surface area contributed by atoms with Crippen LogP contribution in [0.25, 0.3) is 21.3 Å². The van der Waals surface area contributed by atoms with Gasteiger partial charge < -0.3 is 10.1 Å². The average Bonchev–Trinajstić information content (AvgIpc) is 3.14. The maximum atomic E-state index is 12.4. The molecule has 0 unspecified atom stereocenters. The molecule has 0 radical (unpaired) electrons. The Balaban J connectivity index is 1.50. The summed E-state index contributed by atoms with van der Waals surface area (Å²) in [5, 5.41) is 6.05. The van der Waals surface area contributed by atoms with Gasteiger partial charge in [0.1, 0.15) is 11.2 Å². The van der Waals surface area contributed by atoms with E-state index >= 15 is 0 Å². The van der Waals surface area contributed by atoms with Crippen molar-refractivity contribution in [1.29, 1.82) is 0 Å². The molecule has 0 aliphatic heterocycles. The molecular weight excluding hydrogens is 358 g/mol. The molecule has 5 nitrogen and oxygen atoms in total. The van der Waals surface area contributed by atoms with Crippen molar-refractivity contribution in [2.45, 2.75) is 38.6 Å². The van der Waals surface area contributed by atoms with Crippen molar-refractivity contribution in [2.24, 2.45) is 5.92 Å². The lowest BCUT2D eigenvalue weighted by atomic mass is 9.86. The highest BCUT2D eigenvalue weighted by molar-refractivity contribution is 7.17. The van der Waals surface area contributed by atoms with Gasteiger partial charge in [0.2, 0.25) is 5.88 Å². The lowest BCUT2D eigenvalue weighted by Crippen LogP contribution is -2.43. The fourth-order valence-electron chi connectivity index (χ4n) is 3.70. The number of thiophene rings is 1. The van der Waals surface area contributed by atoms with E-state index in [4.69, 9.17) is 4.74 Å². The molecule has 2 atom stereocenters. The van der Waals surface area contributed by atoms with Crippen LogP contribution in [0.2, 0.25) is 0 Å². The Kier molecular flexibility index (Phi) is 5.34. The first-order chi connectivity index (χ1) is 13.2. The van der Waals surface area contributed by atoms with Crippen LogP contribution >= 0.6 is 11.3 Å². The first kappa shape index (κ1) is 17.9. The van der Waals surface area contributed by atoms with Crippen LogP contribution < -0.4 is 10.1 Å². The van der Waals surface area contributed by atoms with Crippen molar-refractivity contribution in [3.8, 4) is 17.0 Å². The number of carbonyl (C=O) groups excluding carboxylic acids is 1. The minimum absolute atomic E-state index is 0.0284. The van der Waals surface area contributed by atoms with E-state index in [2.05, 4.69) is 39.7 Å². The van der Waals surface area contributed by atoms with Gasteiger partial charge in [-0.1, -0.05) is 50.1 Å². The summed E-state index contributed by atoms with van der Waals surface area (Å²) in [5.41, 5.74) is 2.12. The number of hydrogen-bond donors (Lipinski definition) is 1. The molecule has 1 N–H and O–H groups in total. The number of carbonyl (C=O) groups is 1. The SMILES string of the molecule is C[C@H]1CCCC[C@H]1NC(=O)COc1ncnc2scc(-c3ccccc3)c12. The van der Waals surface area contributed by atoms with Crippen LogP contribution in [-0.4, -0.2) is 28.5 Å². The van der Waals surface area contributed by atoms with Crippen LogP contribution in [0.5, 0.6) is 5.88 Å². The Bertz CT molecular complexity index is 926. The maximum absolute atomic E-state index is 12.4. The van der Waals surface area contributed by atoms with Crippen LogP contribution in [0, 0.1) is 5.92 Å². The first-order valence-electron chi connectivity index (χ1n) is 9.42. The Morgan fingerprint density at radius 2 is 2.04 bits per heavy atom. The Labute approximate surface area is 162 Å². The van der Waals surface area contributed by atoms with E-state index in [-0.39, 0.29) is 18.6 Å². The number of ether oxygens (including phenoxy) is 1. The number of aromatic nitrogens is 2. The van der Waals surface area contributed by atoms with E-state index in [9.17, 15) is 4.79 Å². The van der Waals surface area contributed by atoms with Gasteiger partial charge in [-0.15, -0.1) is 11.3 Å². The molecule has 1 amide bonds. The lowest BCUT2D eigenvalue weighted by molar-refractivity contribution is -0.124. The summed E-state index contributed by atoms with van der Waals surface area (Å²) >= 11 is 1.55. The van der Waals surface area contributed by atoms with Gasteiger partial charge in [-0.3, -0.25) is 4.79 Å². The van der Waals surface area contributed by atoms with Crippen molar-refractivity contribution < 1.29 is 9.53 Å². The number of benzene rings is 1. The molecule has 27 heavy (non-hydrogen) atoms. The van der Waals surface area contributed by atoms with E-state index < -0.39 is 0 Å². The summed E-state index contributed by atoms with van der Waals surface area (Å²) in [6, 6.07) is 10.3. The minimum Gasteiger partial charge on any atom is -0.467 e. The molecule has 2 aromatic heterocycles.